The number of likely N-dealkylation sites (tertiary alicyclic amines) is 1. The third kappa shape index (κ3) is 3.35. The van der Waals surface area contributed by atoms with Gasteiger partial charge in [0.1, 0.15) is 6.04 Å². The van der Waals surface area contributed by atoms with Crippen LogP contribution in [0.15, 0.2) is 36.7 Å². The zero-order chi connectivity index (χ0) is 18.0. The molecule has 1 aromatic carbocycles. The quantitative estimate of drug-likeness (QED) is 0.668. The predicted octanol–water partition coefficient (Wildman–Crippen LogP) is 1.86. The minimum absolute atomic E-state index is 0.0372. The Morgan fingerprint density at radius 1 is 1.24 bits per heavy atom. The molecule has 1 aliphatic heterocycles. The van der Waals surface area contributed by atoms with Crippen molar-refractivity contribution in [3.05, 3.63) is 52.3 Å². The van der Waals surface area contributed by atoms with E-state index in [2.05, 4.69) is 5.10 Å². The third-order valence-corrected chi connectivity index (χ3v) is 4.20. The molecule has 0 aliphatic carbocycles. The number of carboxylic acids is 1. The number of benzene rings is 1. The van der Waals surface area contributed by atoms with Crippen LogP contribution in [0.1, 0.15) is 29.6 Å². The molecular weight excluding hydrogens is 328 g/mol. The van der Waals surface area contributed by atoms with Crippen LogP contribution in [0.2, 0.25) is 0 Å². The Bertz CT molecular complexity index is 814. The number of rotatable bonds is 4. The van der Waals surface area contributed by atoms with E-state index in [-0.39, 0.29) is 17.2 Å². The van der Waals surface area contributed by atoms with Crippen LogP contribution < -0.4 is 0 Å². The van der Waals surface area contributed by atoms with Crippen molar-refractivity contribution in [2.75, 3.05) is 6.54 Å². The predicted molar refractivity (Wildman–Crippen MR) is 86.5 cm³/mol. The van der Waals surface area contributed by atoms with Crippen molar-refractivity contribution in [3.8, 4) is 5.69 Å². The van der Waals surface area contributed by atoms with Gasteiger partial charge in [0.05, 0.1) is 22.4 Å². The molecule has 130 valence electrons. The molecule has 25 heavy (non-hydrogen) atoms. The zero-order valence-electron chi connectivity index (χ0n) is 13.2. The average molecular weight is 344 g/mol. The number of hydrogen-bond donors (Lipinski definition) is 1. The summed E-state index contributed by atoms with van der Waals surface area (Å²) in [6.07, 6.45) is 4.86. The van der Waals surface area contributed by atoms with Gasteiger partial charge in [0.15, 0.2) is 0 Å². The number of piperidine rings is 1. The highest BCUT2D eigenvalue weighted by molar-refractivity contribution is 5.96. The number of non-ortho nitro benzene ring substituents is 1. The second-order valence-corrected chi connectivity index (χ2v) is 5.80. The van der Waals surface area contributed by atoms with Crippen LogP contribution in [-0.4, -0.2) is 49.2 Å². The monoisotopic (exact) mass is 344 g/mol. The first kappa shape index (κ1) is 16.6. The molecule has 2 aromatic rings. The molecule has 1 aliphatic rings. The van der Waals surface area contributed by atoms with Crippen LogP contribution in [0.3, 0.4) is 0 Å². The van der Waals surface area contributed by atoms with Crippen LogP contribution >= 0.6 is 0 Å². The van der Waals surface area contributed by atoms with E-state index in [0.29, 0.717) is 18.7 Å². The lowest BCUT2D eigenvalue weighted by Crippen LogP contribution is -2.47. The fourth-order valence-electron chi connectivity index (χ4n) is 2.90. The smallest absolute Gasteiger partial charge is 0.326 e. The first-order valence-electron chi connectivity index (χ1n) is 7.80. The Morgan fingerprint density at radius 3 is 2.60 bits per heavy atom. The van der Waals surface area contributed by atoms with Gasteiger partial charge in [-0.15, -0.1) is 0 Å². The molecule has 1 atom stereocenters. The molecule has 9 heteroatoms. The van der Waals surface area contributed by atoms with Gasteiger partial charge in [-0.1, -0.05) is 0 Å². The summed E-state index contributed by atoms with van der Waals surface area (Å²) in [5.41, 5.74) is 0.814. The van der Waals surface area contributed by atoms with Gasteiger partial charge in [0, 0.05) is 24.9 Å². The van der Waals surface area contributed by atoms with Gasteiger partial charge in [-0.25, -0.2) is 9.48 Å². The third-order valence-electron chi connectivity index (χ3n) is 4.20. The van der Waals surface area contributed by atoms with Gasteiger partial charge >= 0.3 is 5.97 Å². The van der Waals surface area contributed by atoms with Gasteiger partial charge in [-0.2, -0.15) is 5.10 Å². The average Bonchev–Trinajstić information content (AvgIpc) is 3.11. The molecule has 1 saturated heterocycles. The lowest BCUT2D eigenvalue weighted by atomic mass is 10.0. The van der Waals surface area contributed by atoms with Gasteiger partial charge in [-0.3, -0.25) is 14.9 Å². The van der Waals surface area contributed by atoms with Crippen LogP contribution in [0.25, 0.3) is 5.69 Å². The molecule has 1 amide bonds. The molecule has 0 bridgehead atoms. The highest BCUT2D eigenvalue weighted by Gasteiger charge is 2.32. The fourth-order valence-corrected chi connectivity index (χ4v) is 2.90. The van der Waals surface area contributed by atoms with E-state index < -0.39 is 16.9 Å². The first-order valence-corrected chi connectivity index (χ1v) is 7.80. The second-order valence-electron chi connectivity index (χ2n) is 5.80. The molecule has 2 heterocycles. The van der Waals surface area contributed by atoms with E-state index in [1.54, 1.807) is 0 Å². The normalized spacial score (nSPS) is 17.3. The van der Waals surface area contributed by atoms with Crippen molar-refractivity contribution in [1.29, 1.82) is 0 Å². The van der Waals surface area contributed by atoms with E-state index in [9.17, 15) is 24.8 Å². The number of nitrogens with zero attached hydrogens (tertiary/aromatic N) is 4. The van der Waals surface area contributed by atoms with Crippen LogP contribution in [0.5, 0.6) is 0 Å². The maximum Gasteiger partial charge on any atom is 0.326 e. The Morgan fingerprint density at radius 2 is 1.96 bits per heavy atom. The number of hydrogen-bond acceptors (Lipinski definition) is 5. The Balaban J connectivity index is 1.81. The number of aromatic nitrogens is 2. The maximum absolute atomic E-state index is 12.6. The Labute approximate surface area is 142 Å². The summed E-state index contributed by atoms with van der Waals surface area (Å²) in [5, 5.41) is 24.1. The van der Waals surface area contributed by atoms with E-state index in [1.165, 1.54) is 46.2 Å². The molecular formula is C16H16N4O5. The van der Waals surface area contributed by atoms with E-state index in [1.807, 2.05) is 0 Å². The summed E-state index contributed by atoms with van der Waals surface area (Å²) in [7, 11) is 0. The molecule has 0 spiro atoms. The molecule has 0 radical (unpaired) electrons. The van der Waals surface area contributed by atoms with Crippen molar-refractivity contribution < 1.29 is 19.6 Å². The maximum atomic E-state index is 12.6. The molecule has 1 unspecified atom stereocenters. The SMILES string of the molecule is O=C(O)C1CCCCN1C(=O)c1cnn(-c2ccc([N+](=O)[O-])cc2)c1. The summed E-state index contributed by atoms with van der Waals surface area (Å²) in [6.45, 7) is 0.401. The highest BCUT2D eigenvalue weighted by Crippen LogP contribution is 2.21. The van der Waals surface area contributed by atoms with E-state index >= 15 is 0 Å². The van der Waals surface area contributed by atoms with Crippen LogP contribution in [-0.2, 0) is 4.79 Å². The number of amides is 1. The van der Waals surface area contributed by atoms with Crippen molar-refractivity contribution in [3.63, 3.8) is 0 Å². The van der Waals surface area contributed by atoms with Gasteiger partial charge in [-0.05, 0) is 31.4 Å². The molecule has 9 nitrogen and oxygen atoms in total. The fraction of sp³-hybridized carbons (Fsp3) is 0.312. The van der Waals surface area contributed by atoms with Crippen molar-refractivity contribution in [2.45, 2.75) is 25.3 Å². The minimum Gasteiger partial charge on any atom is -0.480 e. The number of nitro groups is 1. The molecule has 1 N–H and O–H groups in total. The molecule has 0 saturated carbocycles. The van der Waals surface area contributed by atoms with E-state index in [4.69, 9.17) is 0 Å². The number of carbonyl (C=O) groups excluding carboxylic acids is 1. The van der Waals surface area contributed by atoms with Crippen LogP contribution in [0, 0.1) is 10.1 Å². The Kier molecular flexibility index (Phi) is 4.46. The number of carbonyl (C=O) groups is 2. The lowest BCUT2D eigenvalue weighted by Gasteiger charge is -2.32. The number of carboxylic acid groups (broad SMARTS) is 1. The van der Waals surface area contributed by atoms with E-state index in [0.717, 1.165) is 12.8 Å². The van der Waals surface area contributed by atoms with Crippen LogP contribution in [0.4, 0.5) is 5.69 Å². The summed E-state index contributed by atoms with van der Waals surface area (Å²) in [6, 6.07) is 4.94. The molecule has 1 fully saturated rings. The Hall–Kier alpha value is -3.23. The van der Waals surface area contributed by atoms with Gasteiger partial charge in [0.25, 0.3) is 11.6 Å². The van der Waals surface area contributed by atoms with Crippen molar-refractivity contribution in [2.24, 2.45) is 0 Å². The number of nitro benzene ring substituents is 1. The molecule has 1 aromatic heterocycles. The van der Waals surface area contributed by atoms with Crippen molar-refractivity contribution >= 4 is 17.6 Å². The van der Waals surface area contributed by atoms with Gasteiger partial charge < -0.3 is 10.0 Å². The minimum atomic E-state index is -1.00. The second kappa shape index (κ2) is 6.71. The topological polar surface area (TPSA) is 119 Å². The largest absolute Gasteiger partial charge is 0.480 e. The molecule has 3 rings (SSSR count). The standard InChI is InChI=1S/C16H16N4O5/c21-15(18-8-2-1-3-14(18)16(22)23)11-9-17-19(10-11)12-4-6-13(7-5-12)20(24)25/h4-7,9-10,14H,1-3,8H2,(H,22,23). The summed E-state index contributed by atoms with van der Waals surface area (Å²) in [4.78, 5) is 35.5. The summed E-state index contributed by atoms with van der Waals surface area (Å²) in [5.74, 6) is -1.38. The van der Waals surface area contributed by atoms with Gasteiger partial charge in [0.2, 0.25) is 0 Å². The zero-order valence-corrected chi connectivity index (χ0v) is 13.2. The lowest BCUT2D eigenvalue weighted by molar-refractivity contribution is -0.384. The summed E-state index contributed by atoms with van der Waals surface area (Å²) < 4.78 is 1.43. The first-order chi connectivity index (χ1) is 12.0. The van der Waals surface area contributed by atoms with Crippen molar-refractivity contribution in [1.82, 2.24) is 14.7 Å². The summed E-state index contributed by atoms with van der Waals surface area (Å²) >= 11 is 0. The highest BCUT2D eigenvalue weighted by atomic mass is 16.6. The number of aliphatic carboxylic acids is 1.